The minimum atomic E-state index is -2.71. The van der Waals surface area contributed by atoms with Gasteiger partial charge in [0.2, 0.25) is 0 Å². The highest BCUT2D eigenvalue weighted by atomic mass is 32.2. The summed E-state index contributed by atoms with van der Waals surface area (Å²) in [6.07, 6.45) is 0. The maximum Gasteiger partial charge on any atom is 0.152 e. The predicted molar refractivity (Wildman–Crippen MR) is 53.6 cm³/mol. The first-order valence-corrected chi connectivity index (χ1v) is 6.39. The van der Waals surface area contributed by atoms with Crippen LogP contribution in [0.3, 0.4) is 0 Å². The van der Waals surface area contributed by atoms with Crippen molar-refractivity contribution >= 4 is 9.84 Å². The zero-order valence-electron chi connectivity index (χ0n) is 8.36. The van der Waals surface area contributed by atoms with Crippen molar-refractivity contribution in [2.24, 2.45) is 0 Å². The van der Waals surface area contributed by atoms with Gasteiger partial charge in [0.15, 0.2) is 9.84 Å². The number of nitrogens with zero attached hydrogens (tertiary/aromatic N) is 2. The van der Waals surface area contributed by atoms with E-state index in [1.807, 2.05) is 14.1 Å². The summed E-state index contributed by atoms with van der Waals surface area (Å²) >= 11 is 0. The van der Waals surface area contributed by atoms with E-state index < -0.39 is 9.84 Å². The smallest absolute Gasteiger partial charge is 0.152 e. The number of hydrogen-bond donors (Lipinski definition) is 0. The van der Waals surface area contributed by atoms with Gasteiger partial charge in [-0.3, -0.25) is 0 Å². The van der Waals surface area contributed by atoms with Gasteiger partial charge < -0.3 is 9.80 Å². The lowest BCUT2D eigenvalue weighted by Gasteiger charge is -2.27. The lowest BCUT2D eigenvalue weighted by molar-refractivity contribution is 0.256. The van der Waals surface area contributed by atoms with E-state index in [1.54, 1.807) is 0 Å². The summed E-state index contributed by atoms with van der Waals surface area (Å²) in [5.74, 6) is 0.668. The summed E-state index contributed by atoms with van der Waals surface area (Å²) < 4.78 is 22.2. The van der Waals surface area contributed by atoms with Crippen LogP contribution in [0.15, 0.2) is 0 Å². The van der Waals surface area contributed by atoms with Crippen LogP contribution in [0.5, 0.6) is 0 Å². The highest BCUT2D eigenvalue weighted by Gasteiger charge is 2.20. The molecule has 0 aromatic heterocycles. The molecule has 4 nitrogen and oxygen atoms in total. The quantitative estimate of drug-likeness (QED) is 0.611. The van der Waals surface area contributed by atoms with Gasteiger partial charge in [0.05, 0.1) is 11.5 Å². The van der Waals surface area contributed by atoms with Crippen molar-refractivity contribution in [1.82, 2.24) is 9.80 Å². The Hall–Kier alpha value is -0.130. The molecule has 0 spiro atoms. The molecule has 13 heavy (non-hydrogen) atoms. The second-order valence-corrected chi connectivity index (χ2v) is 6.10. The van der Waals surface area contributed by atoms with Gasteiger partial charge >= 0.3 is 0 Å². The molecule has 0 bridgehead atoms. The van der Waals surface area contributed by atoms with E-state index in [0.29, 0.717) is 24.6 Å². The van der Waals surface area contributed by atoms with Crippen LogP contribution in [-0.4, -0.2) is 70.0 Å². The fraction of sp³-hybridized carbons (Fsp3) is 1.00. The van der Waals surface area contributed by atoms with Gasteiger partial charge in [0.25, 0.3) is 0 Å². The topological polar surface area (TPSA) is 40.6 Å². The maximum absolute atomic E-state index is 11.1. The molecule has 0 aromatic carbocycles. The van der Waals surface area contributed by atoms with Crippen molar-refractivity contribution in [3.63, 3.8) is 0 Å². The summed E-state index contributed by atoms with van der Waals surface area (Å²) in [5, 5.41) is 0. The van der Waals surface area contributed by atoms with E-state index in [9.17, 15) is 8.42 Å². The van der Waals surface area contributed by atoms with Crippen molar-refractivity contribution in [3.05, 3.63) is 0 Å². The zero-order chi connectivity index (χ0) is 9.90. The normalized spacial score (nSPS) is 23.6. The molecule has 78 valence electrons. The summed E-state index contributed by atoms with van der Waals surface area (Å²) in [7, 11) is 1.35. The molecule has 0 saturated carbocycles. The number of likely N-dealkylation sites (N-methyl/N-ethyl adjacent to an activating group) is 1. The van der Waals surface area contributed by atoms with E-state index in [4.69, 9.17) is 0 Å². The fourth-order valence-corrected chi connectivity index (χ4v) is 2.59. The molecule has 1 fully saturated rings. The molecule has 0 amide bonds. The highest BCUT2D eigenvalue weighted by Crippen LogP contribution is 2.02. The van der Waals surface area contributed by atoms with E-state index in [-0.39, 0.29) is 0 Å². The number of rotatable bonds is 3. The van der Waals surface area contributed by atoms with E-state index >= 15 is 0 Å². The highest BCUT2D eigenvalue weighted by molar-refractivity contribution is 7.91. The van der Waals surface area contributed by atoms with Crippen LogP contribution in [-0.2, 0) is 9.84 Å². The summed E-state index contributed by atoms with van der Waals surface area (Å²) in [6.45, 7) is 3.38. The molecule has 1 heterocycles. The van der Waals surface area contributed by atoms with Gasteiger partial charge in [-0.15, -0.1) is 0 Å². The Balaban J connectivity index is 2.26. The van der Waals surface area contributed by atoms with E-state index in [2.05, 4.69) is 9.80 Å². The molecule has 0 radical (unpaired) electrons. The molecular weight excluding hydrogens is 188 g/mol. The lowest BCUT2D eigenvalue weighted by Crippen LogP contribution is -2.42. The molecule has 0 aliphatic carbocycles. The molecule has 0 N–H and O–H groups in total. The number of hydrogen-bond acceptors (Lipinski definition) is 4. The predicted octanol–water partition coefficient (Wildman–Crippen LogP) is -0.722. The first kappa shape index (κ1) is 10.9. The standard InChI is InChI=1S/C8H18N2O2S/c1-9(2)3-4-10-5-7-13(11,12)8-6-10/h3-8H2,1-2H3. The fourth-order valence-electron chi connectivity index (χ4n) is 1.32. The summed E-state index contributed by atoms with van der Waals surface area (Å²) in [4.78, 5) is 4.32. The van der Waals surface area contributed by atoms with Crippen LogP contribution in [0, 0.1) is 0 Å². The molecular formula is C8H18N2O2S. The van der Waals surface area contributed by atoms with Crippen LogP contribution in [0.4, 0.5) is 0 Å². The third kappa shape index (κ3) is 4.06. The molecule has 1 rings (SSSR count). The van der Waals surface area contributed by atoms with Crippen molar-refractivity contribution < 1.29 is 8.42 Å². The lowest BCUT2D eigenvalue weighted by atomic mass is 10.4. The third-order valence-corrected chi connectivity index (χ3v) is 3.91. The van der Waals surface area contributed by atoms with Gasteiger partial charge in [0.1, 0.15) is 0 Å². The van der Waals surface area contributed by atoms with Gasteiger partial charge in [-0.1, -0.05) is 0 Å². The minimum absolute atomic E-state index is 0.334. The molecule has 0 atom stereocenters. The largest absolute Gasteiger partial charge is 0.308 e. The Morgan fingerprint density at radius 3 is 2.23 bits per heavy atom. The van der Waals surface area contributed by atoms with Gasteiger partial charge in [-0.2, -0.15) is 0 Å². The zero-order valence-corrected chi connectivity index (χ0v) is 9.18. The van der Waals surface area contributed by atoms with Crippen LogP contribution in [0.25, 0.3) is 0 Å². The molecule has 1 saturated heterocycles. The SMILES string of the molecule is CN(C)CCN1CCS(=O)(=O)CC1. The van der Waals surface area contributed by atoms with Crippen LogP contribution >= 0.6 is 0 Å². The second kappa shape index (κ2) is 4.39. The molecule has 1 aliphatic heterocycles. The first-order valence-electron chi connectivity index (χ1n) is 4.57. The van der Waals surface area contributed by atoms with E-state index in [0.717, 1.165) is 13.1 Å². The van der Waals surface area contributed by atoms with E-state index in [1.165, 1.54) is 0 Å². The maximum atomic E-state index is 11.1. The Morgan fingerprint density at radius 2 is 1.77 bits per heavy atom. The van der Waals surface area contributed by atoms with Crippen molar-refractivity contribution in [3.8, 4) is 0 Å². The molecule has 0 unspecified atom stereocenters. The Kier molecular flexibility index (Phi) is 3.70. The average Bonchev–Trinajstić information content (AvgIpc) is 2.02. The molecule has 0 aromatic rings. The number of sulfone groups is 1. The summed E-state index contributed by atoms with van der Waals surface area (Å²) in [5.41, 5.74) is 0. The molecule has 1 aliphatic rings. The Labute approximate surface area is 80.4 Å². The molecule has 5 heteroatoms. The van der Waals surface area contributed by atoms with Crippen molar-refractivity contribution in [2.75, 3.05) is 51.8 Å². The second-order valence-electron chi connectivity index (χ2n) is 3.80. The monoisotopic (exact) mass is 206 g/mol. The first-order chi connectivity index (χ1) is 5.99. The van der Waals surface area contributed by atoms with Crippen molar-refractivity contribution in [1.29, 1.82) is 0 Å². The summed E-state index contributed by atoms with van der Waals surface area (Å²) in [6, 6.07) is 0. The van der Waals surface area contributed by atoms with Crippen LogP contribution in [0.1, 0.15) is 0 Å². The third-order valence-electron chi connectivity index (χ3n) is 2.30. The average molecular weight is 206 g/mol. The van der Waals surface area contributed by atoms with Gasteiger partial charge in [-0.05, 0) is 14.1 Å². The van der Waals surface area contributed by atoms with Gasteiger partial charge in [0, 0.05) is 26.2 Å². The van der Waals surface area contributed by atoms with Crippen LogP contribution < -0.4 is 0 Å². The Bertz CT molecular complexity index is 235. The Morgan fingerprint density at radius 1 is 1.23 bits per heavy atom. The van der Waals surface area contributed by atoms with Crippen LogP contribution in [0.2, 0.25) is 0 Å². The van der Waals surface area contributed by atoms with Gasteiger partial charge in [-0.25, -0.2) is 8.42 Å². The van der Waals surface area contributed by atoms with Crippen molar-refractivity contribution in [2.45, 2.75) is 0 Å². The minimum Gasteiger partial charge on any atom is -0.308 e.